The quantitative estimate of drug-likeness (QED) is 0.606. The molecule has 28 heavy (non-hydrogen) atoms. The van der Waals surface area contributed by atoms with Crippen molar-refractivity contribution >= 4 is 25.9 Å². The third-order valence-corrected chi connectivity index (χ3v) is 6.49. The molecule has 0 radical (unpaired) electrons. The van der Waals surface area contributed by atoms with Crippen LogP contribution < -0.4 is 4.31 Å². The maximum Gasteiger partial charge on any atom is 0.416 e. The maximum absolute atomic E-state index is 12.9. The Hall–Kier alpha value is -2.70. The summed E-state index contributed by atoms with van der Waals surface area (Å²) in [5.74, 6) is 0. The zero-order valence-corrected chi connectivity index (χ0v) is 16.0. The summed E-state index contributed by atoms with van der Waals surface area (Å²) in [6, 6.07) is 4.84. The van der Waals surface area contributed by atoms with Crippen LogP contribution in [0.4, 0.5) is 18.9 Å². The molecule has 1 heterocycles. The van der Waals surface area contributed by atoms with E-state index in [0.717, 1.165) is 22.5 Å². The lowest BCUT2D eigenvalue weighted by Gasteiger charge is -2.20. The third kappa shape index (κ3) is 4.08. The van der Waals surface area contributed by atoms with Crippen molar-refractivity contribution in [1.29, 1.82) is 5.26 Å². The summed E-state index contributed by atoms with van der Waals surface area (Å²) >= 11 is 0. The number of aromatic nitrogens is 3. The Balaban J connectivity index is 2.56. The van der Waals surface area contributed by atoms with Crippen LogP contribution in [0.1, 0.15) is 5.56 Å². The number of nitriles is 1. The molecule has 0 spiro atoms. The van der Waals surface area contributed by atoms with Crippen LogP contribution >= 0.6 is 0 Å². The number of benzene rings is 1. The first-order valence-corrected chi connectivity index (χ1v) is 10.1. The highest BCUT2D eigenvalue weighted by molar-refractivity contribution is 7.92. The van der Waals surface area contributed by atoms with E-state index in [4.69, 9.17) is 5.26 Å². The summed E-state index contributed by atoms with van der Waals surface area (Å²) in [7, 11) is -6.54. The first-order chi connectivity index (χ1) is 12.8. The zero-order valence-electron chi connectivity index (χ0n) is 14.4. The van der Waals surface area contributed by atoms with Gasteiger partial charge >= 0.3 is 26.4 Å². The molecule has 1 aromatic heterocycles. The van der Waals surface area contributed by atoms with E-state index in [9.17, 15) is 30.0 Å². The molecule has 0 aliphatic carbocycles. The summed E-state index contributed by atoms with van der Waals surface area (Å²) in [6.07, 6.45) is -4.11. The number of hydrogen-bond acceptors (Lipinski definition) is 7. The van der Waals surface area contributed by atoms with Gasteiger partial charge in [-0.25, -0.2) is 9.29 Å². The van der Waals surface area contributed by atoms with Gasteiger partial charge in [-0.05, 0) is 18.2 Å². The standard InChI is InChI=1S/C13H13F3N6O4S2/c1-20(2)28(25,26)22-9-18-12(19-22)27(23,24)21(7-6-17)11-5-3-4-10(8-11)13(14,15)16/h3-5,8-9H,7H2,1-2H3. The SMILES string of the molecule is CN(C)S(=O)(=O)n1cnc(S(=O)(=O)N(CC#N)c2cccc(C(F)(F)F)c2)n1. The van der Waals surface area contributed by atoms with E-state index in [1.54, 1.807) is 0 Å². The lowest BCUT2D eigenvalue weighted by atomic mass is 10.2. The van der Waals surface area contributed by atoms with E-state index in [1.807, 2.05) is 0 Å². The molecule has 152 valence electrons. The van der Waals surface area contributed by atoms with E-state index in [0.29, 0.717) is 16.7 Å². The lowest BCUT2D eigenvalue weighted by Crippen LogP contribution is -2.33. The molecule has 1 aromatic carbocycles. The molecule has 0 aliphatic heterocycles. The molecule has 0 bridgehead atoms. The van der Waals surface area contributed by atoms with Gasteiger partial charge in [0.1, 0.15) is 12.9 Å². The molecule has 0 amide bonds. The Bertz CT molecular complexity index is 1120. The van der Waals surface area contributed by atoms with E-state index < -0.39 is 49.4 Å². The fourth-order valence-corrected chi connectivity index (χ4v) is 3.87. The number of nitrogens with zero attached hydrogens (tertiary/aromatic N) is 6. The predicted octanol–water partition coefficient (Wildman–Crippen LogP) is 0.670. The van der Waals surface area contributed by atoms with Gasteiger partial charge in [0.25, 0.3) is 5.16 Å². The van der Waals surface area contributed by atoms with Crippen LogP contribution in [0.5, 0.6) is 0 Å². The molecule has 0 saturated heterocycles. The van der Waals surface area contributed by atoms with E-state index >= 15 is 0 Å². The summed E-state index contributed by atoms with van der Waals surface area (Å²) in [5.41, 5.74) is -1.58. The van der Waals surface area contributed by atoms with Crippen LogP contribution in [0.25, 0.3) is 0 Å². The van der Waals surface area contributed by atoms with Crippen LogP contribution in [-0.2, 0) is 26.4 Å². The second-order valence-corrected chi connectivity index (χ2v) is 9.16. The Morgan fingerprint density at radius 3 is 2.39 bits per heavy atom. The molecule has 2 aromatic rings. The highest BCUT2D eigenvalue weighted by atomic mass is 32.2. The zero-order chi connectivity index (χ0) is 21.3. The summed E-state index contributed by atoms with van der Waals surface area (Å²) in [6.45, 7) is -0.849. The van der Waals surface area contributed by atoms with Crippen molar-refractivity contribution in [1.82, 2.24) is 18.5 Å². The van der Waals surface area contributed by atoms with Gasteiger partial charge in [-0.3, -0.25) is 0 Å². The number of anilines is 1. The minimum Gasteiger partial charge on any atom is -0.249 e. The van der Waals surface area contributed by atoms with Crippen molar-refractivity contribution in [2.45, 2.75) is 11.3 Å². The molecular weight excluding hydrogens is 425 g/mol. The first-order valence-electron chi connectivity index (χ1n) is 7.23. The summed E-state index contributed by atoms with van der Waals surface area (Å²) < 4.78 is 89.6. The molecular formula is C13H13F3N6O4S2. The van der Waals surface area contributed by atoms with Gasteiger partial charge in [-0.1, -0.05) is 6.07 Å². The number of halogens is 3. The molecule has 0 fully saturated rings. The molecule has 0 saturated carbocycles. The molecule has 0 atom stereocenters. The van der Waals surface area contributed by atoms with Crippen molar-refractivity contribution in [3.63, 3.8) is 0 Å². The Labute approximate surface area is 158 Å². The number of alkyl halides is 3. The minimum absolute atomic E-state index is 0.288. The van der Waals surface area contributed by atoms with Gasteiger partial charge < -0.3 is 0 Å². The van der Waals surface area contributed by atoms with Gasteiger partial charge in [0.05, 0.1) is 17.3 Å². The monoisotopic (exact) mass is 438 g/mol. The van der Waals surface area contributed by atoms with E-state index in [2.05, 4.69) is 10.1 Å². The lowest BCUT2D eigenvalue weighted by molar-refractivity contribution is -0.137. The molecule has 0 unspecified atom stereocenters. The molecule has 15 heteroatoms. The van der Waals surface area contributed by atoms with Gasteiger partial charge in [0, 0.05) is 14.1 Å². The fourth-order valence-electron chi connectivity index (χ4n) is 1.95. The van der Waals surface area contributed by atoms with Gasteiger partial charge in [-0.2, -0.15) is 39.6 Å². The minimum atomic E-state index is -4.74. The van der Waals surface area contributed by atoms with Crippen LogP contribution in [0.15, 0.2) is 35.7 Å². The fraction of sp³-hybridized carbons (Fsp3) is 0.308. The van der Waals surface area contributed by atoms with E-state index in [-0.39, 0.29) is 4.09 Å². The molecule has 2 rings (SSSR count). The number of rotatable bonds is 6. The highest BCUT2D eigenvalue weighted by Crippen LogP contribution is 2.32. The van der Waals surface area contributed by atoms with Crippen molar-refractivity contribution in [3.8, 4) is 6.07 Å². The second-order valence-electron chi connectivity index (χ2n) is 5.41. The smallest absolute Gasteiger partial charge is 0.249 e. The molecule has 0 N–H and O–H groups in total. The van der Waals surface area contributed by atoms with E-state index in [1.165, 1.54) is 20.2 Å². The van der Waals surface area contributed by atoms with Crippen molar-refractivity contribution in [2.24, 2.45) is 0 Å². The number of sulfonamides is 1. The maximum atomic E-state index is 12.9. The van der Waals surface area contributed by atoms with Gasteiger partial charge in [-0.15, -0.1) is 9.19 Å². The second kappa shape index (κ2) is 7.37. The highest BCUT2D eigenvalue weighted by Gasteiger charge is 2.34. The summed E-state index contributed by atoms with van der Waals surface area (Å²) in [4.78, 5) is 3.42. The van der Waals surface area contributed by atoms with Crippen molar-refractivity contribution in [2.75, 3.05) is 24.9 Å². The van der Waals surface area contributed by atoms with Gasteiger partial charge in [0.2, 0.25) is 0 Å². The molecule has 0 aliphatic rings. The Morgan fingerprint density at radius 2 is 1.86 bits per heavy atom. The summed E-state index contributed by atoms with van der Waals surface area (Å²) in [5, 5.41) is 11.3. The normalized spacial score (nSPS) is 12.8. The largest absolute Gasteiger partial charge is 0.416 e. The third-order valence-electron chi connectivity index (χ3n) is 3.35. The molecule has 10 nitrogen and oxygen atoms in total. The van der Waals surface area contributed by atoms with Crippen molar-refractivity contribution in [3.05, 3.63) is 36.2 Å². The topological polar surface area (TPSA) is 129 Å². The Morgan fingerprint density at radius 1 is 1.21 bits per heavy atom. The van der Waals surface area contributed by atoms with Crippen LogP contribution in [-0.4, -0.2) is 56.0 Å². The van der Waals surface area contributed by atoms with Crippen LogP contribution in [0.2, 0.25) is 0 Å². The Kier molecular flexibility index (Phi) is 5.69. The average molecular weight is 438 g/mol. The van der Waals surface area contributed by atoms with Crippen molar-refractivity contribution < 1.29 is 30.0 Å². The average Bonchev–Trinajstić information content (AvgIpc) is 3.10. The van der Waals surface area contributed by atoms with Crippen LogP contribution in [0, 0.1) is 11.3 Å². The van der Waals surface area contributed by atoms with Gasteiger partial charge in [0.15, 0.2) is 0 Å². The first kappa shape index (κ1) is 21.6. The van der Waals surface area contributed by atoms with Crippen LogP contribution in [0.3, 0.4) is 0 Å². The number of hydrogen-bond donors (Lipinski definition) is 0. The predicted molar refractivity (Wildman–Crippen MR) is 89.6 cm³/mol.